The number of carbonyl (C=O) groups is 1. The number of amides is 1. The molecule has 28 heavy (non-hydrogen) atoms. The van der Waals surface area contributed by atoms with Crippen LogP contribution in [0.4, 0.5) is 5.82 Å². The molecule has 0 spiro atoms. The maximum absolute atomic E-state index is 12.5. The van der Waals surface area contributed by atoms with Crippen LogP contribution in [-0.2, 0) is 6.61 Å². The number of aromatic nitrogens is 1. The molecule has 3 aromatic rings. The molecule has 1 heterocycles. The fourth-order valence-corrected chi connectivity index (χ4v) is 2.90. The van der Waals surface area contributed by atoms with Crippen molar-refractivity contribution in [1.29, 1.82) is 0 Å². The molecule has 5 nitrogen and oxygen atoms in total. The van der Waals surface area contributed by atoms with Crippen LogP contribution in [0.25, 0.3) is 0 Å². The van der Waals surface area contributed by atoms with E-state index in [-0.39, 0.29) is 5.91 Å². The van der Waals surface area contributed by atoms with Gasteiger partial charge < -0.3 is 14.8 Å². The third-order valence-corrected chi connectivity index (χ3v) is 5.39. The van der Waals surface area contributed by atoms with E-state index in [0.717, 1.165) is 14.8 Å². The zero-order valence-corrected chi connectivity index (χ0v) is 18.2. The summed E-state index contributed by atoms with van der Waals surface area (Å²) in [6.45, 7) is 2.26. The average molecular weight is 509 g/mol. The van der Waals surface area contributed by atoms with E-state index in [1.807, 2.05) is 37.3 Å². The summed E-state index contributed by atoms with van der Waals surface area (Å²) in [5.41, 5.74) is 2.30. The average Bonchev–Trinajstić information content (AvgIpc) is 2.70. The van der Waals surface area contributed by atoms with Gasteiger partial charge in [0.1, 0.15) is 12.4 Å². The molecular formula is C21H18ClIN2O3. The molecule has 2 aromatic carbocycles. The molecule has 0 saturated carbocycles. The van der Waals surface area contributed by atoms with Gasteiger partial charge in [-0.3, -0.25) is 4.79 Å². The van der Waals surface area contributed by atoms with Crippen molar-refractivity contribution in [2.45, 2.75) is 13.5 Å². The lowest BCUT2D eigenvalue weighted by atomic mass is 10.2. The summed E-state index contributed by atoms with van der Waals surface area (Å²) in [4.78, 5) is 16.9. The lowest BCUT2D eigenvalue weighted by Gasteiger charge is -2.12. The van der Waals surface area contributed by atoms with E-state index in [0.29, 0.717) is 34.5 Å². The Morgan fingerprint density at radius 3 is 2.54 bits per heavy atom. The van der Waals surface area contributed by atoms with Crippen LogP contribution in [0.2, 0.25) is 5.02 Å². The second kappa shape index (κ2) is 9.25. The fourth-order valence-electron chi connectivity index (χ4n) is 2.47. The molecule has 0 aliphatic carbocycles. The predicted octanol–water partition coefficient (Wildman–Crippen LogP) is 5.49. The molecule has 0 atom stereocenters. The molecule has 1 N–H and O–H groups in total. The zero-order valence-electron chi connectivity index (χ0n) is 15.3. The SMILES string of the molecule is COc1cc(C(=O)Nc2ccc(I)c(C)n2)ccc1OCc1ccc(Cl)cc1. The Labute approximate surface area is 182 Å². The van der Waals surface area contributed by atoms with Gasteiger partial charge in [-0.15, -0.1) is 0 Å². The van der Waals surface area contributed by atoms with Crippen LogP contribution in [0.3, 0.4) is 0 Å². The molecule has 1 aromatic heterocycles. The Morgan fingerprint density at radius 1 is 1.11 bits per heavy atom. The zero-order chi connectivity index (χ0) is 20.1. The van der Waals surface area contributed by atoms with Crippen molar-refractivity contribution in [2.75, 3.05) is 12.4 Å². The van der Waals surface area contributed by atoms with Gasteiger partial charge in [-0.2, -0.15) is 0 Å². The van der Waals surface area contributed by atoms with Gasteiger partial charge in [-0.25, -0.2) is 4.98 Å². The van der Waals surface area contributed by atoms with Crippen LogP contribution in [0, 0.1) is 10.5 Å². The Balaban J connectivity index is 1.71. The third-order valence-electron chi connectivity index (χ3n) is 4.00. The Kier molecular flexibility index (Phi) is 6.74. The highest BCUT2D eigenvalue weighted by Gasteiger charge is 2.13. The lowest BCUT2D eigenvalue weighted by Crippen LogP contribution is -2.13. The molecule has 0 radical (unpaired) electrons. The van der Waals surface area contributed by atoms with Crippen molar-refractivity contribution >= 4 is 45.9 Å². The summed E-state index contributed by atoms with van der Waals surface area (Å²) < 4.78 is 12.3. The molecule has 1 amide bonds. The number of anilines is 1. The first-order valence-electron chi connectivity index (χ1n) is 8.46. The number of hydrogen-bond donors (Lipinski definition) is 1. The Morgan fingerprint density at radius 2 is 1.86 bits per heavy atom. The molecule has 7 heteroatoms. The van der Waals surface area contributed by atoms with Crippen molar-refractivity contribution in [2.24, 2.45) is 0 Å². The number of halogens is 2. The van der Waals surface area contributed by atoms with Crippen molar-refractivity contribution in [3.8, 4) is 11.5 Å². The minimum Gasteiger partial charge on any atom is -0.493 e. The third kappa shape index (κ3) is 5.14. The smallest absolute Gasteiger partial charge is 0.256 e. The summed E-state index contributed by atoms with van der Waals surface area (Å²) in [6.07, 6.45) is 0. The summed E-state index contributed by atoms with van der Waals surface area (Å²) >= 11 is 8.09. The van der Waals surface area contributed by atoms with E-state index in [1.54, 1.807) is 24.3 Å². The summed E-state index contributed by atoms with van der Waals surface area (Å²) in [5.74, 6) is 1.27. The fraction of sp³-hybridized carbons (Fsp3) is 0.143. The number of hydrogen-bond acceptors (Lipinski definition) is 4. The number of aryl methyl sites for hydroxylation is 1. The molecule has 0 fully saturated rings. The number of nitrogens with one attached hydrogen (secondary N) is 1. The summed E-state index contributed by atoms with van der Waals surface area (Å²) in [5, 5.41) is 3.47. The number of carbonyl (C=O) groups excluding carboxylic acids is 1. The van der Waals surface area contributed by atoms with Gasteiger partial charge in [-0.05, 0) is 77.5 Å². The van der Waals surface area contributed by atoms with E-state index in [1.165, 1.54) is 7.11 Å². The van der Waals surface area contributed by atoms with E-state index >= 15 is 0 Å². The first-order valence-corrected chi connectivity index (χ1v) is 9.91. The maximum Gasteiger partial charge on any atom is 0.256 e. The number of nitrogens with zero attached hydrogens (tertiary/aromatic N) is 1. The minimum atomic E-state index is -0.268. The van der Waals surface area contributed by atoms with Crippen LogP contribution >= 0.6 is 34.2 Å². The normalized spacial score (nSPS) is 10.4. The molecular weight excluding hydrogens is 491 g/mol. The second-order valence-electron chi connectivity index (χ2n) is 6.00. The Hall–Kier alpha value is -2.32. The van der Waals surface area contributed by atoms with Crippen LogP contribution in [0.1, 0.15) is 21.6 Å². The largest absolute Gasteiger partial charge is 0.493 e. The monoisotopic (exact) mass is 508 g/mol. The minimum absolute atomic E-state index is 0.268. The number of rotatable bonds is 6. The van der Waals surface area contributed by atoms with Gasteiger partial charge in [-0.1, -0.05) is 23.7 Å². The van der Waals surface area contributed by atoms with E-state index in [2.05, 4.69) is 32.9 Å². The highest BCUT2D eigenvalue weighted by molar-refractivity contribution is 14.1. The standard InChI is InChI=1S/C21H18ClIN2O3/c1-13-17(23)8-10-20(24-13)25-21(26)15-5-9-18(19(11-15)27-2)28-12-14-3-6-16(22)7-4-14/h3-11H,12H2,1-2H3,(H,24,25,26). The predicted molar refractivity (Wildman–Crippen MR) is 118 cm³/mol. The number of pyridine rings is 1. The van der Waals surface area contributed by atoms with Gasteiger partial charge in [0, 0.05) is 14.2 Å². The number of methoxy groups -OCH3 is 1. The van der Waals surface area contributed by atoms with Crippen molar-refractivity contribution in [3.05, 3.63) is 80.0 Å². The topological polar surface area (TPSA) is 60.5 Å². The van der Waals surface area contributed by atoms with E-state index in [9.17, 15) is 4.79 Å². The first kappa shape index (κ1) is 20.4. The molecule has 0 aliphatic rings. The van der Waals surface area contributed by atoms with Crippen molar-refractivity contribution in [3.63, 3.8) is 0 Å². The van der Waals surface area contributed by atoms with Gasteiger partial charge in [0.15, 0.2) is 11.5 Å². The molecule has 0 unspecified atom stereocenters. The molecule has 0 bridgehead atoms. The summed E-state index contributed by atoms with van der Waals surface area (Å²) in [7, 11) is 1.54. The van der Waals surface area contributed by atoms with Gasteiger partial charge >= 0.3 is 0 Å². The number of ether oxygens (including phenoxy) is 2. The summed E-state index contributed by atoms with van der Waals surface area (Å²) in [6, 6.07) is 16.1. The van der Waals surface area contributed by atoms with Gasteiger partial charge in [0.25, 0.3) is 5.91 Å². The van der Waals surface area contributed by atoms with Crippen LogP contribution < -0.4 is 14.8 Å². The van der Waals surface area contributed by atoms with Crippen LogP contribution in [0.5, 0.6) is 11.5 Å². The quantitative estimate of drug-likeness (QED) is 0.448. The molecule has 0 aliphatic heterocycles. The highest BCUT2D eigenvalue weighted by atomic mass is 127. The van der Waals surface area contributed by atoms with Crippen molar-refractivity contribution < 1.29 is 14.3 Å². The lowest BCUT2D eigenvalue weighted by molar-refractivity contribution is 0.102. The van der Waals surface area contributed by atoms with Gasteiger partial charge in [0.2, 0.25) is 0 Å². The van der Waals surface area contributed by atoms with E-state index in [4.69, 9.17) is 21.1 Å². The van der Waals surface area contributed by atoms with Gasteiger partial charge in [0.05, 0.1) is 12.8 Å². The second-order valence-corrected chi connectivity index (χ2v) is 7.60. The van der Waals surface area contributed by atoms with E-state index < -0.39 is 0 Å². The first-order chi connectivity index (χ1) is 13.5. The van der Waals surface area contributed by atoms with Crippen molar-refractivity contribution in [1.82, 2.24) is 4.98 Å². The Bertz CT molecular complexity index is 993. The van der Waals surface area contributed by atoms with Crippen LogP contribution in [-0.4, -0.2) is 18.0 Å². The van der Waals surface area contributed by atoms with Crippen LogP contribution in [0.15, 0.2) is 54.6 Å². The highest BCUT2D eigenvalue weighted by Crippen LogP contribution is 2.29. The number of benzene rings is 2. The molecule has 144 valence electrons. The molecule has 0 saturated heterocycles. The maximum atomic E-state index is 12.5. The molecule has 3 rings (SSSR count).